The fourth-order valence-electron chi connectivity index (χ4n) is 5.74. The highest BCUT2D eigenvalue weighted by Gasteiger charge is 2.64. The molecule has 0 saturated heterocycles. The molecule has 1 heterocycles. The maximum absolute atomic E-state index is 12.8. The SMILES string of the molecule is CC1C2C3=NCCCC3C=CC12CCNC(=O)NC(c1ccccc1)c1ccccc1. The highest BCUT2D eigenvalue weighted by atomic mass is 16.2. The van der Waals surface area contributed by atoms with Gasteiger partial charge in [0.25, 0.3) is 0 Å². The molecule has 2 aliphatic carbocycles. The number of urea groups is 1. The molecule has 0 spiro atoms. The summed E-state index contributed by atoms with van der Waals surface area (Å²) in [5.41, 5.74) is 3.78. The lowest BCUT2D eigenvalue weighted by Gasteiger charge is -2.27. The Kier molecular flexibility index (Phi) is 5.39. The fraction of sp³-hybridized carbons (Fsp3) is 0.407. The van der Waals surface area contributed by atoms with Crippen molar-refractivity contribution in [3.05, 3.63) is 83.9 Å². The molecule has 5 rings (SSSR count). The topological polar surface area (TPSA) is 53.5 Å². The van der Waals surface area contributed by atoms with Crippen molar-refractivity contribution < 1.29 is 4.79 Å². The minimum Gasteiger partial charge on any atom is -0.338 e. The van der Waals surface area contributed by atoms with Crippen LogP contribution in [0.3, 0.4) is 0 Å². The van der Waals surface area contributed by atoms with Crippen LogP contribution in [0.2, 0.25) is 0 Å². The fourth-order valence-corrected chi connectivity index (χ4v) is 5.74. The number of nitrogens with one attached hydrogen (secondary N) is 2. The second-order valence-corrected chi connectivity index (χ2v) is 9.20. The summed E-state index contributed by atoms with van der Waals surface area (Å²) in [4.78, 5) is 17.7. The molecule has 0 bridgehead atoms. The summed E-state index contributed by atoms with van der Waals surface area (Å²) in [5.74, 6) is 1.76. The van der Waals surface area contributed by atoms with Crippen LogP contribution in [0.1, 0.15) is 43.4 Å². The highest BCUT2D eigenvalue weighted by molar-refractivity contribution is 5.96. The number of hydrogen-bond donors (Lipinski definition) is 2. The summed E-state index contributed by atoms with van der Waals surface area (Å²) in [7, 11) is 0. The summed E-state index contributed by atoms with van der Waals surface area (Å²) >= 11 is 0. The summed E-state index contributed by atoms with van der Waals surface area (Å²) in [6.45, 7) is 4.00. The molecule has 4 atom stereocenters. The van der Waals surface area contributed by atoms with Crippen LogP contribution in [-0.4, -0.2) is 24.8 Å². The van der Waals surface area contributed by atoms with Crippen LogP contribution in [0.4, 0.5) is 4.79 Å². The van der Waals surface area contributed by atoms with E-state index in [-0.39, 0.29) is 17.5 Å². The largest absolute Gasteiger partial charge is 0.338 e. The van der Waals surface area contributed by atoms with Gasteiger partial charge in [0, 0.05) is 36.1 Å². The summed E-state index contributed by atoms with van der Waals surface area (Å²) < 4.78 is 0. The van der Waals surface area contributed by atoms with Crippen LogP contribution >= 0.6 is 0 Å². The molecule has 160 valence electrons. The highest BCUT2D eigenvalue weighted by Crippen LogP contribution is 2.65. The number of nitrogens with zero attached hydrogens (tertiary/aromatic N) is 1. The maximum atomic E-state index is 12.8. The first-order valence-electron chi connectivity index (χ1n) is 11.6. The number of amides is 2. The van der Waals surface area contributed by atoms with Gasteiger partial charge in [0.1, 0.15) is 0 Å². The minimum absolute atomic E-state index is 0.119. The van der Waals surface area contributed by atoms with Gasteiger partial charge < -0.3 is 10.6 Å². The monoisotopic (exact) mass is 413 g/mol. The molecule has 3 aliphatic rings. The Morgan fingerprint density at radius 1 is 1.10 bits per heavy atom. The second-order valence-electron chi connectivity index (χ2n) is 9.20. The van der Waals surface area contributed by atoms with Crippen LogP contribution < -0.4 is 10.6 Å². The first-order chi connectivity index (χ1) is 15.2. The molecule has 31 heavy (non-hydrogen) atoms. The molecule has 2 aromatic rings. The molecule has 0 aromatic heterocycles. The Balaban J connectivity index is 1.22. The van der Waals surface area contributed by atoms with Gasteiger partial charge in [-0.3, -0.25) is 4.99 Å². The van der Waals surface area contributed by atoms with E-state index in [1.165, 1.54) is 18.6 Å². The van der Waals surface area contributed by atoms with Gasteiger partial charge in [-0.25, -0.2) is 4.79 Å². The molecule has 0 radical (unpaired) electrons. The van der Waals surface area contributed by atoms with Gasteiger partial charge in [-0.2, -0.15) is 0 Å². The average Bonchev–Trinajstić information content (AvgIpc) is 3.43. The smallest absolute Gasteiger partial charge is 0.315 e. The van der Waals surface area contributed by atoms with E-state index in [0.29, 0.717) is 24.3 Å². The maximum Gasteiger partial charge on any atom is 0.315 e. The Morgan fingerprint density at radius 3 is 2.45 bits per heavy atom. The van der Waals surface area contributed by atoms with Gasteiger partial charge >= 0.3 is 6.03 Å². The van der Waals surface area contributed by atoms with E-state index in [0.717, 1.165) is 24.1 Å². The zero-order valence-electron chi connectivity index (χ0n) is 18.1. The standard InChI is InChI=1S/C27H31N3O/c1-19-23-25-22(13-8-17-28-25)14-15-27(19,23)16-18-29-26(31)30-24(20-9-4-2-5-10-20)21-11-6-3-7-12-21/h2-7,9-12,14-15,19,22-24H,8,13,16-18H2,1H3,(H2,29,30,31). The predicted molar refractivity (Wildman–Crippen MR) is 125 cm³/mol. The number of carbonyl (C=O) groups is 1. The number of aliphatic imine (C=N–C) groups is 1. The molecule has 2 N–H and O–H groups in total. The Hall–Kier alpha value is -2.88. The van der Waals surface area contributed by atoms with Crippen LogP contribution in [0.25, 0.3) is 0 Å². The van der Waals surface area contributed by atoms with Crippen molar-refractivity contribution in [2.24, 2.45) is 28.2 Å². The second kappa shape index (κ2) is 8.33. The normalized spacial score (nSPS) is 28.3. The molecule has 4 unspecified atom stereocenters. The lowest BCUT2D eigenvalue weighted by molar-refractivity contribution is 0.238. The molecule has 1 aliphatic heterocycles. The third kappa shape index (κ3) is 3.80. The van der Waals surface area contributed by atoms with Crippen molar-refractivity contribution in [2.45, 2.75) is 32.2 Å². The third-order valence-corrected chi connectivity index (χ3v) is 7.51. The van der Waals surface area contributed by atoms with Crippen LogP contribution in [0.5, 0.6) is 0 Å². The number of carbonyl (C=O) groups excluding carboxylic acids is 1. The van der Waals surface area contributed by atoms with E-state index in [4.69, 9.17) is 4.99 Å². The van der Waals surface area contributed by atoms with Gasteiger partial charge in [-0.05, 0) is 36.3 Å². The first-order valence-corrected chi connectivity index (χ1v) is 11.6. The van der Waals surface area contributed by atoms with E-state index in [1.54, 1.807) is 0 Å². The zero-order valence-corrected chi connectivity index (χ0v) is 18.1. The summed E-state index contributed by atoms with van der Waals surface area (Å²) in [5, 5.41) is 6.30. The number of hydrogen-bond acceptors (Lipinski definition) is 2. The molecule has 2 aromatic carbocycles. The summed E-state index contributed by atoms with van der Waals surface area (Å²) in [6.07, 6.45) is 8.25. The van der Waals surface area contributed by atoms with Gasteiger partial charge in [0.05, 0.1) is 6.04 Å². The molecule has 4 heteroatoms. The van der Waals surface area contributed by atoms with Crippen molar-refractivity contribution in [2.75, 3.05) is 13.1 Å². The van der Waals surface area contributed by atoms with Crippen molar-refractivity contribution >= 4 is 11.7 Å². The predicted octanol–water partition coefficient (Wildman–Crippen LogP) is 5.14. The Labute approximate surface area is 184 Å². The number of benzene rings is 2. The molecular formula is C27H31N3O. The quantitative estimate of drug-likeness (QED) is 0.633. The number of fused-ring (bicyclic) bond motifs is 3. The molecular weight excluding hydrogens is 382 g/mol. The van der Waals surface area contributed by atoms with Crippen molar-refractivity contribution in [1.82, 2.24) is 10.6 Å². The lowest BCUT2D eigenvalue weighted by Crippen LogP contribution is -2.39. The van der Waals surface area contributed by atoms with Crippen molar-refractivity contribution in [3.8, 4) is 0 Å². The van der Waals surface area contributed by atoms with Crippen LogP contribution in [0.15, 0.2) is 77.8 Å². The minimum atomic E-state index is -0.167. The molecule has 4 nitrogen and oxygen atoms in total. The zero-order chi connectivity index (χ0) is 21.3. The molecule has 1 saturated carbocycles. The van der Waals surface area contributed by atoms with E-state index in [9.17, 15) is 4.79 Å². The van der Waals surface area contributed by atoms with E-state index >= 15 is 0 Å². The summed E-state index contributed by atoms with van der Waals surface area (Å²) in [6, 6.07) is 20.0. The molecule has 2 amide bonds. The average molecular weight is 414 g/mol. The number of rotatable bonds is 6. The Bertz CT molecular complexity index is 945. The van der Waals surface area contributed by atoms with E-state index in [2.05, 4.69) is 54.0 Å². The van der Waals surface area contributed by atoms with Crippen molar-refractivity contribution in [1.29, 1.82) is 0 Å². The third-order valence-electron chi connectivity index (χ3n) is 7.51. The number of allylic oxidation sites excluding steroid dienone is 2. The van der Waals surface area contributed by atoms with Gasteiger partial charge in [0.15, 0.2) is 0 Å². The van der Waals surface area contributed by atoms with Crippen molar-refractivity contribution in [3.63, 3.8) is 0 Å². The van der Waals surface area contributed by atoms with Gasteiger partial charge in [0.2, 0.25) is 0 Å². The van der Waals surface area contributed by atoms with Crippen LogP contribution in [0, 0.1) is 23.2 Å². The van der Waals surface area contributed by atoms with Crippen LogP contribution in [-0.2, 0) is 0 Å². The van der Waals surface area contributed by atoms with Gasteiger partial charge in [-0.1, -0.05) is 79.7 Å². The van der Waals surface area contributed by atoms with Gasteiger partial charge in [-0.15, -0.1) is 0 Å². The molecule has 1 fully saturated rings. The Morgan fingerprint density at radius 2 is 1.77 bits per heavy atom. The van der Waals surface area contributed by atoms with E-state index in [1.807, 2.05) is 36.4 Å². The van der Waals surface area contributed by atoms with E-state index < -0.39 is 0 Å². The first kappa shape index (κ1) is 20.0. The lowest BCUT2D eigenvalue weighted by atomic mass is 9.81.